The van der Waals surface area contributed by atoms with Crippen LogP contribution in [0.4, 0.5) is 5.13 Å². The van der Waals surface area contributed by atoms with Gasteiger partial charge < -0.3 is 19.3 Å². The average Bonchev–Trinajstić information content (AvgIpc) is 3.71. The number of hydrogen-bond acceptors (Lipinski definition) is 10. The molecule has 1 fully saturated rings. The fourth-order valence-corrected chi connectivity index (χ4v) is 7.81. The molecule has 1 atom stereocenters. The number of carbonyl (C=O) groups excluding carboxylic acids is 2. The molecule has 0 bridgehead atoms. The maximum absolute atomic E-state index is 13.9. The molecule has 6 rings (SSSR count). The molecule has 1 unspecified atom stereocenters. The molecular formula is C38H33Cl2N3O6S2. The Morgan fingerprint density at radius 1 is 0.902 bits per heavy atom. The number of nitrogens with zero attached hydrogens (tertiary/aromatic N) is 3. The summed E-state index contributed by atoms with van der Waals surface area (Å²) in [5.41, 5.74) is 2.59. The van der Waals surface area contributed by atoms with Crippen LogP contribution in [0.25, 0.3) is 5.76 Å². The predicted octanol–water partition coefficient (Wildman–Crippen LogP) is 9.53. The number of ketones is 1. The number of amides is 1. The first-order chi connectivity index (χ1) is 24.8. The van der Waals surface area contributed by atoms with Crippen LogP contribution in [0.15, 0.2) is 101 Å². The molecule has 1 N–H and O–H groups in total. The van der Waals surface area contributed by atoms with Crippen molar-refractivity contribution >= 4 is 68.9 Å². The number of anilines is 1. The summed E-state index contributed by atoms with van der Waals surface area (Å²) in [6.45, 7) is 5.05. The van der Waals surface area contributed by atoms with Gasteiger partial charge in [0.15, 0.2) is 15.8 Å². The lowest BCUT2D eigenvalue weighted by molar-refractivity contribution is -0.132. The highest BCUT2D eigenvalue weighted by atomic mass is 35.5. The first-order valence-electron chi connectivity index (χ1n) is 16.1. The Kier molecular flexibility index (Phi) is 11.8. The van der Waals surface area contributed by atoms with Gasteiger partial charge in [0.05, 0.1) is 24.8 Å². The van der Waals surface area contributed by atoms with Crippen LogP contribution >= 0.6 is 46.3 Å². The molecule has 1 saturated heterocycles. The summed E-state index contributed by atoms with van der Waals surface area (Å²) in [5.74, 6) is -0.0310. The highest BCUT2D eigenvalue weighted by molar-refractivity contribution is 8.00. The topological polar surface area (TPSA) is 111 Å². The largest absolute Gasteiger partial charge is 0.507 e. The van der Waals surface area contributed by atoms with Crippen molar-refractivity contribution in [3.63, 3.8) is 0 Å². The smallest absolute Gasteiger partial charge is 0.301 e. The Hall–Kier alpha value is -4.55. The number of benzene rings is 4. The van der Waals surface area contributed by atoms with Crippen molar-refractivity contribution in [1.82, 2.24) is 10.2 Å². The van der Waals surface area contributed by atoms with Crippen LogP contribution in [0.3, 0.4) is 0 Å². The van der Waals surface area contributed by atoms with Crippen LogP contribution in [0.1, 0.15) is 48.6 Å². The van der Waals surface area contributed by atoms with Gasteiger partial charge in [-0.1, -0.05) is 95.7 Å². The first kappa shape index (κ1) is 36.2. The lowest BCUT2D eigenvalue weighted by atomic mass is 9.95. The Morgan fingerprint density at radius 2 is 1.69 bits per heavy atom. The highest BCUT2D eigenvalue weighted by Crippen LogP contribution is 2.46. The fraction of sp³-hybridized carbons (Fsp3) is 0.211. The van der Waals surface area contributed by atoms with Gasteiger partial charge in [0.25, 0.3) is 5.78 Å². The monoisotopic (exact) mass is 761 g/mol. The van der Waals surface area contributed by atoms with Gasteiger partial charge in [-0.15, -0.1) is 10.2 Å². The van der Waals surface area contributed by atoms with Crippen molar-refractivity contribution in [1.29, 1.82) is 0 Å². The van der Waals surface area contributed by atoms with E-state index < -0.39 is 17.7 Å². The van der Waals surface area contributed by atoms with Crippen LogP contribution in [-0.4, -0.2) is 40.2 Å². The molecule has 1 aliphatic rings. The van der Waals surface area contributed by atoms with Gasteiger partial charge in [-0.2, -0.15) is 0 Å². The molecule has 0 radical (unpaired) electrons. The second-order valence-electron chi connectivity index (χ2n) is 11.3. The SMILES string of the molecule is CCCOc1ccc(C(O)=C2C(=O)C(=O)N(c3nnc(SCc4ccc(Cl)cc4Cl)s3)C2c2ccc(OCc3ccccc3)c(OCC)c2)cc1. The molecule has 9 nitrogen and oxygen atoms in total. The number of ether oxygens (including phenoxy) is 3. The molecule has 1 aromatic heterocycles. The maximum atomic E-state index is 13.9. The van der Waals surface area contributed by atoms with Crippen molar-refractivity contribution in [2.75, 3.05) is 18.1 Å². The number of thioether (sulfide) groups is 1. The molecule has 262 valence electrons. The van der Waals surface area contributed by atoms with E-state index in [0.717, 1.165) is 28.9 Å². The normalized spacial score (nSPS) is 15.3. The van der Waals surface area contributed by atoms with E-state index in [0.29, 0.717) is 68.3 Å². The Balaban J connectivity index is 1.38. The van der Waals surface area contributed by atoms with E-state index in [1.54, 1.807) is 54.6 Å². The van der Waals surface area contributed by atoms with Gasteiger partial charge in [-0.05, 0) is 78.6 Å². The molecule has 51 heavy (non-hydrogen) atoms. The van der Waals surface area contributed by atoms with Crippen LogP contribution in [-0.2, 0) is 21.9 Å². The minimum atomic E-state index is -1.06. The fourth-order valence-electron chi connectivity index (χ4n) is 5.38. The number of Topliss-reactive ketones (excluding diaryl/α,β-unsaturated/α-hetero) is 1. The summed E-state index contributed by atoms with van der Waals surface area (Å²) in [5, 5.41) is 21.6. The van der Waals surface area contributed by atoms with Crippen LogP contribution in [0.2, 0.25) is 10.0 Å². The third kappa shape index (κ3) is 8.34. The minimum absolute atomic E-state index is 0.0972. The first-order valence-corrected chi connectivity index (χ1v) is 18.7. The Morgan fingerprint density at radius 3 is 2.41 bits per heavy atom. The average molecular weight is 763 g/mol. The Bertz CT molecular complexity index is 2060. The number of aliphatic hydroxyl groups excluding tert-OH is 1. The van der Waals surface area contributed by atoms with Crippen molar-refractivity contribution < 1.29 is 28.9 Å². The van der Waals surface area contributed by atoms with Gasteiger partial charge >= 0.3 is 5.91 Å². The number of halogens is 2. The standard InChI is InChI=1S/C38H33Cl2N3O6S2/c1-3-18-48-28-15-11-24(12-16-28)34(44)32-33(25-13-17-30(31(19-25)47-4-2)49-21-23-8-6-5-7-9-23)43(36(46)35(32)45)37-41-42-38(51-37)50-22-26-10-14-27(39)20-29(26)40/h5-17,19-20,33,44H,3-4,18,21-22H2,1-2H3. The molecule has 13 heteroatoms. The molecular weight excluding hydrogens is 729 g/mol. The van der Waals surface area contributed by atoms with Crippen molar-refractivity contribution in [3.05, 3.63) is 129 Å². The summed E-state index contributed by atoms with van der Waals surface area (Å²) in [4.78, 5) is 29.0. The summed E-state index contributed by atoms with van der Waals surface area (Å²) in [7, 11) is 0. The van der Waals surface area contributed by atoms with Crippen LogP contribution in [0, 0.1) is 0 Å². The number of aliphatic hydroxyl groups is 1. The van der Waals surface area contributed by atoms with Gasteiger partial charge in [-0.3, -0.25) is 14.5 Å². The van der Waals surface area contributed by atoms with Gasteiger partial charge in [0.2, 0.25) is 5.13 Å². The van der Waals surface area contributed by atoms with E-state index in [1.165, 1.54) is 16.7 Å². The summed E-state index contributed by atoms with van der Waals surface area (Å²) in [6.07, 6.45) is 0.839. The van der Waals surface area contributed by atoms with Crippen LogP contribution in [0.5, 0.6) is 17.2 Å². The van der Waals surface area contributed by atoms with Crippen molar-refractivity contribution in [2.45, 2.75) is 43.0 Å². The second kappa shape index (κ2) is 16.6. The second-order valence-corrected chi connectivity index (χ2v) is 14.4. The number of rotatable bonds is 14. The third-order valence-electron chi connectivity index (χ3n) is 7.83. The molecule has 0 aliphatic carbocycles. The van der Waals surface area contributed by atoms with E-state index in [1.807, 2.05) is 50.2 Å². The van der Waals surface area contributed by atoms with Gasteiger partial charge in [-0.25, -0.2) is 0 Å². The van der Waals surface area contributed by atoms with Gasteiger partial charge in [0.1, 0.15) is 18.1 Å². The zero-order valence-corrected chi connectivity index (χ0v) is 30.8. The summed E-state index contributed by atoms with van der Waals surface area (Å²) in [6, 6.07) is 25.9. The van der Waals surface area contributed by atoms with E-state index in [9.17, 15) is 14.7 Å². The van der Waals surface area contributed by atoms with E-state index >= 15 is 0 Å². The van der Waals surface area contributed by atoms with E-state index in [4.69, 9.17) is 37.4 Å². The zero-order chi connectivity index (χ0) is 35.9. The molecule has 1 aliphatic heterocycles. The number of carbonyl (C=O) groups is 2. The molecule has 1 amide bonds. The maximum Gasteiger partial charge on any atom is 0.301 e. The van der Waals surface area contributed by atoms with E-state index in [2.05, 4.69) is 10.2 Å². The quantitative estimate of drug-likeness (QED) is 0.0389. The minimum Gasteiger partial charge on any atom is -0.507 e. The predicted molar refractivity (Wildman–Crippen MR) is 201 cm³/mol. The lowest BCUT2D eigenvalue weighted by Crippen LogP contribution is -2.29. The highest BCUT2D eigenvalue weighted by Gasteiger charge is 2.48. The molecule has 5 aromatic rings. The van der Waals surface area contributed by atoms with E-state index in [-0.39, 0.29) is 16.5 Å². The molecule has 4 aromatic carbocycles. The van der Waals surface area contributed by atoms with Gasteiger partial charge in [0, 0.05) is 21.4 Å². The zero-order valence-electron chi connectivity index (χ0n) is 27.7. The van der Waals surface area contributed by atoms with Crippen LogP contribution < -0.4 is 19.1 Å². The third-order valence-corrected chi connectivity index (χ3v) is 10.5. The summed E-state index contributed by atoms with van der Waals surface area (Å²) >= 11 is 15.0. The lowest BCUT2D eigenvalue weighted by Gasteiger charge is -2.23. The molecule has 2 heterocycles. The number of hydrogen-bond donors (Lipinski definition) is 1. The van der Waals surface area contributed by atoms with Crippen molar-refractivity contribution in [2.24, 2.45) is 0 Å². The number of aromatic nitrogens is 2. The molecule has 0 spiro atoms. The summed E-state index contributed by atoms with van der Waals surface area (Å²) < 4.78 is 18.4. The molecule has 0 saturated carbocycles. The van der Waals surface area contributed by atoms with Crippen molar-refractivity contribution in [3.8, 4) is 17.2 Å². The Labute approximate surface area is 313 Å².